The third-order valence-corrected chi connectivity index (χ3v) is 2.77. The van der Waals surface area contributed by atoms with Crippen LogP contribution in [0.15, 0.2) is 28.7 Å². The molecule has 4 nitrogen and oxygen atoms in total. The van der Waals surface area contributed by atoms with E-state index in [2.05, 4.69) is 16.9 Å². The number of para-hydroxylation sites is 1. The highest BCUT2D eigenvalue weighted by Crippen LogP contribution is 2.28. The number of nitrogens with zero attached hydrogens (tertiary/aromatic N) is 2. The van der Waals surface area contributed by atoms with Crippen molar-refractivity contribution in [3.63, 3.8) is 0 Å². The normalized spacial score (nSPS) is 11.4. The van der Waals surface area contributed by atoms with Gasteiger partial charge >= 0.3 is 0 Å². The standard InChI is InChI=1S/C13H13N3O/c1-2-5-10-16-11-12(17-10)8-6-3-4-7-9(8)15-13(11)14/h3-4,6-7H,2,5H2,1H3,(H2,14,15). The summed E-state index contributed by atoms with van der Waals surface area (Å²) in [5.41, 5.74) is 8.16. The van der Waals surface area contributed by atoms with Crippen LogP contribution in [0.1, 0.15) is 19.2 Å². The van der Waals surface area contributed by atoms with E-state index in [0.717, 1.165) is 35.2 Å². The van der Waals surface area contributed by atoms with Gasteiger partial charge in [-0.1, -0.05) is 19.1 Å². The number of hydrogen-bond donors (Lipinski definition) is 1. The second kappa shape index (κ2) is 3.73. The van der Waals surface area contributed by atoms with Crippen LogP contribution in [0.4, 0.5) is 5.82 Å². The first-order chi connectivity index (χ1) is 8.29. The van der Waals surface area contributed by atoms with Crippen LogP contribution < -0.4 is 5.73 Å². The van der Waals surface area contributed by atoms with Crippen molar-refractivity contribution in [3.05, 3.63) is 30.2 Å². The van der Waals surface area contributed by atoms with Gasteiger partial charge in [-0.05, 0) is 18.6 Å². The Labute approximate surface area is 98.5 Å². The van der Waals surface area contributed by atoms with E-state index in [1.165, 1.54) is 0 Å². The van der Waals surface area contributed by atoms with Crippen molar-refractivity contribution in [2.75, 3.05) is 5.73 Å². The van der Waals surface area contributed by atoms with Crippen molar-refractivity contribution in [1.82, 2.24) is 9.97 Å². The Balaban J connectivity index is 2.39. The van der Waals surface area contributed by atoms with E-state index >= 15 is 0 Å². The topological polar surface area (TPSA) is 64.9 Å². The minimum atomic E-state index is 0.435. The zero-order valence-corrected chi connectivity index (χ0v) is 9.60. The number of aromatic nitrogens is 2. The zero-order chi connectivity index (χ0) is 11.8. The van der Waals surface area contributed by atoms with Gasteiger partial charge in [-0.3, -0.25) is 0 Å². The molecule has 0 radical (unpaired) electrons. The van der Waals surface area contributed by atoms with Gasteiger partial charge in [-0.2, -0.15) is 0 Å². The maximum Gasteiger partial charge on any atom is 0.195 e. The van der Waals surface area contributed by atoms with Gasteiger partial charge in [0.2, 0.25) is 0 Å². The molecule has 1 aromatic carbocycles. The predicted molar refractivity (Wildman–Crippen MR) is 67.7 cm³/mol. The summed E-state index contributed by atoms with van der Waals surface area (Å²) in [5.74, 6) is 1.16. The molecule has 0 aliphatic rings. The first-order valence-corrected chi connectivity index (χ1v) is 5.73. The van der Waals surface area contributed by atoms with Gasteiger partial charge in [0.25, 0.3) is 0 Å². The number of pyridine rings is 1. The Morgan fingerprint density at radius 2 is 2.06 bits per heavy atom. The Hall–Kier alpha value is -2.10. The SMILES string of the molecule is CCCc1nc2c(N)nc3ccccc3c2o1. The molecule has 0 amide bonds. The van der Waals surface area contributed by atoms with Gasteiger partial charge in [0.15, 0.2) is 22.8 Å². The number of benzene rings is 1. The quantitative estimate of drug-likeness (QED) is 0.731. The van der Waals surface area contributed by atoms with Crippen LogP contribution in [0.25, 0.3) is 22.0 Å². The molecule has 4 heteroatoms. The smallest absolute Gasteiger partial charge is 0.195 e. The lowest BCUT2D eigenvalue weighted by molar-refractivity contribution is 0.527. The van der Waals surface area contributed by atoms with E-state index in [0.29, 0.717) is 11.3 Å². The van der Waals surface area contributed by atoms with E-state index in [-0.39, 0.29) is 0 Å². The summed E-state index contributed by atoms with van der Waals surface area (Å²) in [6, 6.07) is 7.80. The van der Waals surface area contributed by atoms with Gasteiger partial charge in [-0.15, -0.1) is 0 Å². The summed E-state index contributed by atoms with van der Waals surface area (Å²) in [4.78, 5) is 8.73. The molecule has 86 valence electrons. The summed E-state index contributed by atoms with van der Waals surface area (Å²) < 4.78 is 5.77. The monoisotopic (exact) mass is 227 g/mol. The average molecular weight is 227 g/mol. The van der Waals surface area contributed by atoms with E-state index in [4.69, 9.17) is 10.2 Å². The Kier molecular flexibility index (Phi) is 2.21. The summed E-state index contributed by atoms with van der Waals surface area (Å²) in [5, 5.41) is 0.964. The summed E-state index contributed by atoms with van der Waals surface area (Å²) in [6.07, 6.45) is 1.82. The van der Waals surface area contributed by atoms with Crippen LogP contribution in [0.2, 0.25) is 0 Å². The second-order valence-corrected chi connectivity index (χ2v) is 4.05. The first kappa shape index (κ1) is 10.1. The minimum Gasteiger partial charge on any atom is -0.440 e. The summed E-state index contributed by atoms with van der Waals surface area (Å²) in [6.45, 7) is 2.09. The van der Waals surface area contributed by atoms with E-state index in [1.807, 2.05) is 24.3 Å². The highest BCUT2D eigenvalue weighted by molar-refractivity contribution is 6.04. The highest BCUT2D eigenvalue weighted by atomic mass is 16.3. The minimum absolute atomic E-state index is 0.435. The molecule has 0 atom stereocenters. The molecule has 0 bridgehead atoms. The number of hydrogen-bond acceptors (Lipinski definition) is 4. The molecule has 0 unspecified atom stereocenters. The van der Waals surface area contributed by atoms with Crippen LogP contribution in [-0.2, 0) is 6.42 Å². The molecule has 3 aromatic rings. The van der Waals surface area contributed by atoms with Gasteiger partial charge in [0.1, 0.15) is 0 Å². The Morgan fingerprint density at radius 3 is 2.88 bits per heavy atom. The van der Waals surface area contributed by atoms with Crippen LogP contribution in [0.5, 0.6) is 0 Å². The molecule has 0 saturated carbocycles. The third-order valence-electron chi connectivity index (χ3n) is 2.77. The number of oxazole rings is 1. The van der Waals surface area contributed by atoms with Crippen LogP contribution in [0.3, 0.4) is 0 Å². The Bertz CT molecular complexity index is 688. The fraction of sp³-hybridized carbons (Fsp3) is 0.231. The molecule has 17 heavy (non-hydrogen) atoms. The lowest BCUT2D eigenvalue weighted by Gasteiger charge is -1.98. The van der Waals surface area contributed by atoms with Crippen molar-refractivity contribution >= 4 is 27.8 Å². The number of nitrogens with two attached hydrogens (primary N) is 1. The largest absolute Gasteiger partial charge is 0.440 e. The maximum atomic E-state index is 5.90. The number of anilines is 1. The average Bonchev–Trinajstić information content (AvgIpc) is 2.74. The molecule has 2 N–H and O–H groups in total. The molecule has 0 aliphatic carbocycles. The van der Waals surface area contributed by atoms with Gasteiger partial charge in [0.05, 0.1) is 5.52 Å². The number of nitrogen functional groups attached to an aromatic ring is 1. The Morgan fingerprint density at radius 1 is 1.24 bits per heavy atom. The molecule has 0 spiro atoms. The van der Waals surface area contributed by atoms with Crippen molar-refractivity contribution < 1.29 is 4.42 Å². The first-order valence-electron chi connectivity index (χ1n) is 5.73. The van der Waals surface area contributed by atoms with Crippen LogP contribution >= 0.6 is 0 Å². The van der Waals surface area contributed by atoms with Gasteiger partial charge in [-0.25, -0.2) is 9.97 Å². The molecule has 0 saturated heterocycles. The lowest BCUT2D eigenvalue weighted by atomic mass is 10.2. The van der Waals surface area contributed by atoms with E-state index in [1.54, 1.807) is 0 Å². The summed E-state index contributed by atoms with van der Waals surface area (Å²) >= 11 is 0. The fourth-order valence-corrected chi connectivity index (χ4v) is 1.99. The van der Waals surface area contributed by atoms with Gasteiger partial charge in [0, 0.05) is 11.8 Å². The predicted octanol–water partition coefficient (Wildman–Crippen LogP) is 2.91. The number of aryl methyl sites for hydroxylation is 1. The lowest BCUT2D eigenvalue weighted by Crippen LogP contribution is -1.92. The van der Waals surface area contributed by atoms with Gasteiger partial charge < -0.3 is 10.2 Å². The maximum absolute atomic E-state index is 5.90. The fourth-order valence-electron chi connectivity index (χ4n) is 1.99. The molecule has 0 aliphatic heterocycles. The van der Waals surface area contributed by atoms with E-state index in [9.17, 15) is 0 Å². The van der Waals surface area contributed by atoms with Crippen molar-refractivity contribution in [2.24, 2.45) is 0 Å². The van der Waals surface area contributed by atoms with Crippen molar-refractivity contribution in [2.45, 2.75) is 19.8 Å². The van der Waals surface area contributed by atoms with Crippen molar-refractivity contribution in [3.8, 4) is 0 Å². The van der Waals surface area contributed by atoms with Crippen molar-refractivity contribution in [1.29, 1.82) is 0 Å². The molecular formula is C13H13N3O. The highest BCUT2D eigenvalue weighted by Gasteiger charge is 2.12. The number of fused-ring (bicyclic) bond motifs is 3. The van der Waals surface area contributed by atoms with Crippen LogP contribution in [0, 0.1) is 0 Å². The third kappa shape index (κ3) is 1.53. The van der Waals surface area contributed by atoms with Crippen LogP contribution in [-0.4, -0.2) is 9.97 Å². The summed E-state index contributed by atoms with van der Waals surface area (Å²) in [7, 11) is 0. The zero-order valence-electron chi connectivity index (χ0n) is 9.60. The molecule has 2 heterocycles. The number of rotatable bonds is 2. The second-order valence-electron chi connectivity index (χ2n) is 4.05. The molecule has 2 aromatic heterocycles. The van der Waals surface area contributed by atoms with E-state index < -0.39 is 0 Å². The molecule has 0 fully saturated rings. The molecular weight excluding hydrogens is 214 g/mol. The molecule has 3 rings (SSSR count).